The van der Waals surface area contributed by atoms with Crippen LogP contribution in [0, 0.1) is 13.8 Å². The van der Waals surface area contributed by atoms with Gasteiger partial charge in [0.25, 0.3) is 0 Å². The molecule has 0 aliphatic carbocycles. The van der Waals surface area contributed by atoms with E-state index in [9.17, 15) is 13.2 Å². The first-order valence-electron chi connectivity index (χ1n) is 9.72. The Labute approximate surface area is 181 Å². The highest BCUT2D eigenvalue weighted by Crippen LogP contribution is 2.34. The molecule has 0 saturated heterocycles. The Morgan fingerprint density at radius 3 is 2.32 bits per heavy atom. The number of carbonyl (C=O) groups excluding carboxylic acids is 1. The third kappa shape index (κ3) is 3.70. The minimum Gasteiger partial charge on any atom is -0.497 e. The topological polar surface area (TPSA) is 73.3 Å². The standard InChI is InChI=1S/C25H21NO4S/c1-16-9-11-20(13-17(16)2)31(28,29)25-21-14-19(30-3)10-12-23(21)26-15-22(25)24(27)18-7-5-4-6-8-18/h4-15H,1-3H3. The normalized spacial score (nSPS) is 11.5. The maximum Gasteiger partial charge on any atom is 0.208 e. The minimum atomic E-state index is -4.03. The van der Waals surface area contributed by atoms with Crippen LogP contribution in [-0.2, 0) is 9.84 Å². The monoisotopic (exact) mass is 431 g/mol. The summed E-state index contributed by atoms with van der Waals surface area (Å²) in [4.78, 5) is 17.8. The van der Waals surface area contributed by atoms with Gasteiger partial charge in [0.05, 0.1) is 28.0 Å². The number of hydrogen-bond donors (Lipinski definition) is 0. The number of aromatic nitrogens is 1. The summed E-state index contributed by atoms with van der Waals surface area (Å²) in [7, 11) is -2.52. The highest BCUT2D eigenvalue weighted by atomic mass is 32.2. The summed E-state index contributed by atoms with van der Waals surface area (Å²) >= 11 is 0. The number of pyridine rings is 1. The number of rotatable bonds is 5. The number of aryl methyl sites for hydroxylation is 2. The third-order valence-corrected chi connectivity index (χ3v) is 7.22. The molecule has 4 aromatic rings. The number of ether oxygens (including phenoxy) is 1. The quantitative estimate of drug-likeness (QED) is 0.419. The van der Waals surface area contributed by atoms with Crippen molar-refractivity contribution in [2.24, 2.45) is 0 Å². The Hall–Kier alpha value is -3.51. The second-order valence-corrected chi connectivity index (χ2v) is 9.22. The maximum atomic E-state index is 13.8. The van der Waals surface area contributed by atoms with Crippen LogP contribution in [-0.4, -0.2) is 26.3 Å². The summed E-state index contributed by atoms with van der Waals surface area (Å²) in [5, 5.41) is 0.347. The van der Waals surface area contributed by atoms with Gasteiger partial charge in [-0.1, -0.05) is 36.4 Å². The van der Waals surface area contributed by atoms with Crippen molar-refractivity contribution >= 4 is 26.5 Å². The summed E-state index contributed by atoms with van der Waals surface area (Å²) in [5.41, 5.74) is 2.73. The number of benzene rings is 3. The molecule has 0 atom stereocenters. The lowest BCUT2D eigenvalue weighted by Gasteiger charge is -2.14. The first kappa shape index (κ1) is 20.8. The molecule has 6 heteroatoms. The highest BCUT2D eigenvalue weighted by molar-refractivity contribution is 7.91. The fourth-order valence-electron chi connectivity index (χ4n) is 3.47. The molecule has 4 rings (SSSR count). The molecule has 0 radical (unpaired) electrons. The van der Waals surface area contributed by atoms with E-state index in [2.05, 4.69) is 4.98 Å². The SMILES string of the molecule is COc1ccc2ncc(C(=O)c3ccccc3)c(S(=O)(=O)c3ccc(C)c(C)c3)c2c1. The lowest BCUT2D eigenvalue weighted by Crippen LogP contribution is -2.13. The van der Waals surface area contributed by atoms with E-state index in [1.54, 1.807) is 66.7 Å². The number of hydrogen-bond acceptors (Lipinski definition) is 5. The minimum absolute atomic E-state index is 0.0326. The fourth-order valence-corrected chi connectivity index (χ4v) is 5.17. The molecular weight excluding hydrogens is 410 g/mol. The van der Waals surface area contributed by atoms with Crippen molar-refractivity contribution in [3.63, 3.8) is 0 Å². The van der Waals surface area contributed by atoms with E-state index in [0.29, 0.717) is 22.2 Å². The number of sulfone groups is 1. The van der Waals surface area contributed by atoms with Crippen LogP contribution >= 0.6 is 0 Å². The van der Waals surface area contributed by atoms with Crippen molar-refractivity contribution in [2.75, 3.05) is 7.11 Å². The molecule has 0 spiro atoms. The highest BCUT2D eigenvalue weighted by Gasteiger charge is 2.29. The van der Waals surface area contributed by atoms with Crippen molar-refractivity contribution in [3.05, 3.63) is 95.2 Å². The lowest BCUT2D eigenvalue weighted by atomic mass is 10.0. The molecule has 3 aromatic carbocycles. The van der Waals surface area contributed by atoms with Gasteiger partial charge in [0.1, 0.15) is 5.75 Å². The van der Waals surface area contributed by atoms with Crippen LogP contribution in [0.5, 0.6) is 5.75 Å². The van der Waals surface area contributed by atoms with Crippen LogP contribution in [0.15, 0.2) is 82.7 Å². The third-order valence-electron chi connectivity index (χ3n) is 5.36. The van der Waals surface area contributed by atoms with Gasteiger partial charge in [-0.05, 0) is 55.3 Å². The summed E-state index contributed by atoms with van der Waals surface area (Å²) in [5.74, 6) is 0.0791. The predicted octanol–water partition coefficient (Wildman–Crippen LogP) is 4.92. The zero-order chi connectivity index (χ0) is 22.2. The van der Waals surface area contributed by atoms with Gasteiger partial charge in [-0.2, -0.15) is 0 Å². The van der Waals surface area contributed by atoms with Crippen LogP contribution in [0.4, 0.5) is 0 Å². The van der Waals surface area contributed by atoms with Crippen molar-refractivity contribution in [2.45, 2.75) is 23.6 Å². The second-order valence-electron chi connectivity index (χ2n) is 7.33. The maximum absolute atomic E-state index is 13.8. The molecule has 0 amide bonds. The first-order chi connectivity index (χ1) is 14.8. The first-order valence-corrected chi connectivity index (χ1v) is 11.2. The molecule has 0 bridgehead atoms. The summed E-state index contributed by atoms with van der Waals surface area (Å²) < 4.78 is 33.0. The van der Waals surface area contributed by atoms with Gasteiger partial charge in [-0.3, -0.25) is 9.78 Å². The molecule has 156 valence electrons. The lowest BCUT2D eigenvalue weighted by molar-refractivity contribution is 0.103. The van der Waals surface area contributed by atoms with Crippen molar-refractivity contribution in [3.8, 4) is 5.75 Å². The molecule has 0 unspecified atom stereocenters. The number of carbonyl (C=O) groups is 1. The Balaban J connectivity index is 2.06. The molecule has 0 saturated carbocycles. The smallest absolute Gasteiger partial charge is 0.208 e. The number of fused-ring (bicyclic) bond motifs is 1. The van der Waals surface area contributed by atoms with E-state index >= 15 is 0 Å². The van der Waals surface area contributed by atoms with E-state index in [-0.39, 0.29) is 15.4 Å². The molecule has 1 heterocycles. The molecule has 5 nitrogen and oxygen atoms in total. The van der Waals surface area contributed by atoms with Gasteiger partial charge in [0.15, 0.2) is 5.78 Å². The molecule has 0 N–H and O–H groups in total. The van der Waals surface area contributed by atoms with Crippen molar-refractivity contribution in [1.82, 2.24) is 4.98 Å². The molecule has 31 heavy (non-hydrogen) atoms. The van der Waals surface area contributed by atoms with E-state index in [1.165, 1.54) is 13.3 Å². The summed E-state index contributed by atoms with van der Waals surface area (Å²) in [6.45, 7) is 3.78. The zero-order valence-corrected chi connectivity index (χ0v) is 18.2. The largest absolute Gasteiger partial charge is 0.497 e. The average molecular weight is 432 g/mol. The van der Waals surface area contributed by atoms with Gasteiger partial charge in [0.2, 0.25) is 9.84 Å². The molecule has 0 fully saturated rings. The van der Waals surface area contributed by atoms with Crippen LogP contribution in [0.2, 0.25) is 0 Å². The molecular formula is C25H21NO4S. The van der Waals surface area contributed by atoms with E-state index in [1.807, 2.05) is 13.8 Å². The number of ketones is 1. The van der Waals surface area contributed by atoms with Gasteiger partial charge in [-0.25, -0.2) is 8.42 Å². The van der Waals surface area contributed by atoms with Gasteiger partial charge >= 0.3 is 0 Å². The predicted molar refractivity (Wildman–Crippen MR) is 120 cm³/mol. The van der Waals surface area contributed by atoms with Gasteiger partial charge < -0.3 is 4.74 Å². The second kappa shape index (κ2) is 7.96. The Bertz CT molecular complexity index is 1410. The molecule has 1 aromatic heterocycles. The average Bonchev–Trinajstić information content (AvgIpc) is 2.79. The number of nitrogens with zero attached hydrogens (tertiary/aromatic N) is 1. The van der Waals surface area contributed by atoms with Crippen LogP contribution in [0.3, 0.4) is 0 Å². The summed E-state index contributed by atoms with van der Waals surface area (Å²) in [6.07, 6.45) is 1.35. The van der Waals surface area contributed by atoms with Crippen LogP contribution in [0.25, 0.3) is 10.9 Å². The van der Waals surface area contributed by atoms with Crippen molar-refractivity contribution in [1.29, 1.82) is 0 Å². The van der Waals surface area contributed by atoms with Gasteiger partial charge in [0, 0.05) is 17.1 Å². The fraction of sp³-hybridized carbons (Fsp3) is 0.120. The Morgan fingerprint density at radius 2 is 1.65 bits per heavy atom. The van der Waals surface area contributed by atoms with Gasteiger partial charge in [-0.15, -0.1) is 0 Å². The molecule has 0 aliphatic rings. The molecule has 0 aliphatic heterocycles. The van der Waals surface area contributed by atoms with E-state index in [0.717, 1.165) is 11.1 Å². The van der Waals surface area contributed by atoms with E-state index < -0.39 is 15.6 Å². The van der Waals surface area contributed by atoms with Crippen LogP contribution in [0.1, 0.15) is 27.0 Å². The van der Waals surface area contributed by atoms with E-state index in [4.69, 9.17) is 4.74 Å². The number of methoxy groups -OCH3 is 1. The Kier molecular flexibility index (Phi) is 5.33. The Morgan fingerprint density at radius 1 is 0.903 bits per heavy atom. The summed E-state index contributed by atoms with van der Waals surface area (Å²) in [6, 6.07) is 18.6. The zero-order valence-electron chi connectivity index (χ0n) is 17.4. The van der Waals surface area contributed by atoms with Crippen molar-refractivity contribution < 1.29 is 17.9 Å². The van der Waals surface area contributed by atoms with Crippen LogP contribution < -0.4 is 4.74 Å².